The fourth-order valence-corrected chi connectivity index (χ4v) is 2.19. The Morgan fingerprint density at radius 2 is 1.81 bits per heavy atom. The molecule has 112 valence electrons. The topological polar surface area (TPSA) is 90.2 Å². The highest BCUT2D eigenvalue weighted by Gasteiger charge is 2.37. The number of anilines is 1. The van der Waals surface area contributed by atoms with Crippen LogP contribution in [0.3, 0.4) is 0 Å². The molecule has 0 saturated carbocycles. The molecule has 5 nitrogen and oxygen atoms in total. The third-order valence-electron chi connectivity index (χ3n) is 3.83. The second-order valence-electron chi connectivity index (χ2n) is 5.05. The summed E-state index contributed by atoms with van der Waals surface area (Å²) < 4.78 is 0. The molecular formula is C16H20N2O3. The summed E-state index contributed by atoms with van der Waals surface area (Å²) in [4.78, 5) is 23.4. The molecule has 0 atom stereocenters. The first-order valence-electron chi connectivity index (χ1n) is 6.96. The fourth-order valence-electron chi connectivity index (χ4n) is 2.19. The van der Waals surface area contributed by atoms with E-state index in [0.717, 1.165) is 5.56 Å². The van der Waals surface area contributed by atoms with E-state index in [1.807, 2.05) is 0 Å². The Labute approximate surface area is 124 Å². The Morgan fingerprint density at radius 1 is 1.24 bits per heavy atom. The smallest absolute Gasteiger partial charge is 0.310 e. The van der Waals surface area contributed by atoms with Crippen LogP contribution < -0.4 is 5.32 Å². The quantitative estimate of drug-likeness (QED) is 0.807. The van der Waals surface area contributed by atoms with Crippen LogP contribution in [0, 0.1) is 16.7 Å². The van der Waals surface area contributed by atoms with Gasteiger partial charge in [0.1, 0.15) is 0 Å². The average Bonchev–Trinajstić information content (AvgIpc) is 2.47. The Hall–Kier alpha value is -2.35. The maximum atomic E-state index is 12.0. The normalized spacial score (nSPS) is 10.7. The molecular weight excluding hydrogens is 268 g/mol. The van der Waals surface area contributed by atoms with Crippen molar-refractivity contribution in [3.05, 3.63) is 29.8 Å². The van der Waals surface area contributed by atoms with Gasteiger partial charge in [-0.15, -0.1) is 0 Å². The van der Waals surface area contributed by atoms with Crippen LogP contribution in [0.2, 0.25) is 0 Å². The Kier molecular flexibility index (Phi) is 5.92. The van der Waals surface area contributed by atoms with Crippen LogP contribution in [0.4, 0.5) is 5.69 Å². The monoisotopic (exact) mass is 288 g/mol. The SMILES string of the molecule is CCC(CC)(CC(=O)Nc1ccc(CC#N)cc1)C(=O)O. The summed E-state index contributed by atoms with van der Waals surface area (Å²) >= 11 is 0. The first-order valence-corrected chi connectivity index (χ1v) is 6.96. The number of rotatable bonds is 7. The maximum absolute atomic E-state index is 12.0. The van der Waals surface area contributed by atoms with E-state index in [-0.39, 0.29) is 12.3 Å². The summed E-state index contributed by atoms with van der Waals surface area (Å²) in [5.74, 6) is -1.25. The lowest BCUT2D eigenvalue weighted by Crippen LogP contribution is -2.34. The van der Waals surface area contributed by atoms with Crippen LogP contribution in [-0.2, 0) is 16.0 Å². The molecule has 0 fully saturated rings. The van der Waals surface area contributed by atoms with E-state index in [9.17, 15) is 14.7 Å². The molecule has 0 radical (unpaired) electrons. The molecule has 1 rings (SSSR count). The summed E-state index contributed by atoms with van der Waals surface area (Å²) in [5, 5.41) is 20.6. The van der Waals surface area contributed by atoms with Crippen molar-refractivity contribution in [2.24, 2.45) is 5.41 Å². The zero-order valence-electron chi connectivity index (χ0n) is 12.3. The summed E-state index contributed by atoms with van der Waals surface area (Å²) in [6.07, 6.45) is 1.10. The zero-order chi connectivity index (χ0) is 15.9. The van der Waals surface area contributed by atoms with E-state index in [2.05, 4.69) is 11.4 Å². The van der Waals surface area contributed by atoms with Crippen LogP contribution >= 0.6 is 0 Å². The minimum Gasteiger partial charge on any atom is -0.481 e. The van der Waals surface area contributed by atoms with Crippen molar-refractivity contribution in [2.75, 3.05) is 5.32 Å². The number of carboxylic acids is 1. The Balaban J connectivity index is 2.72. The van der Waals surface area contributed by atoms with Crippen molar-refractivity contribution in [3.63, 3.8) is 0 Å². The van der Waals surface area contributed by atoms with E-state index >= 15 is 0 Å². The summed E-state index contributed by atoms with van der Waals surface area (Å²) in [6, 6.07) is 9.01. The number of aliphatic carboxylic acids is 1. The van der Waals surface area contributed by atoms with Crippen molar-refractivity contribution in [1.82, 2.24) is 0 Å². The first-order chi connectivity index (χ1) is 9.97. The van der Waals surface area contributed by atoms with Crippen LogP contribution in [0.5, 0.6) is 0 Å². The molecule has 1 aromatic rings. The average molecular weight is 288 g/mol. The van der Waals surface area contributed by atoms with Gasteiger partial charge in [-0.3, -0.25) is 9.59 Å². The lowest BCUT2D eigenvalue weighted by atomic mass is 9.79. The number of hydrogen-bond donors (Lipinski definition) is 2. The van der Waals surface area contributed by atoms with Crippen molar-refractivity contribution in [2.45, 2.75) is 39.5 Å². The Morgan fingerprint density at radius 3 is 2.24 bits per heavy atom. The number of carbonyl (C=O) groups excluding carboxylic acids is 1. The third kappa shape index (κ3) is 4.32. The molecule has 1 amide bonds. The van der Waals surface area contributed by atoms with Crippen molar-refractivity contribution in [1.29, 1.82) is 5.26 Å². The molecule has 0 aliphatic rings. The fraction of sp³-hybridized carbons (Fsp3) is 0.438. The van der Waals surface area contributed by atoms with Crippen molar-refractivity contribution in [3.8, 4) is 6.07 Å². The molecule has 0 aromatic heterocycles. The highest BCUT2D eigenvalue weighted by molar-refractivity contribution is 5.94. The van der Waals surface area contributed by atoms with Gasteiger partial charge in [0, 0.05) is 12.1 Å². The van der Waals surface area contributed by atoms with E-state index in [4.69, 9.17) is 5.26 Å². The first kappa shape index (κ1) is 16.7. The number of carbonyl (C=O) groups is 2. The number of nitriles is 1. The molecule has 1 aromatic carbocycles. The van der Waals surface area contributed by atoms with Gasteiger partial charge in [0.05, 0.1) is 17.9 Å². The van der Waals surface area contributed by atoms with Crippen molar-refractivity contribution >= 4 is 17.6 Å². The predicted molar refractivity (Wildman–Crippen MR) is 79.7 cm³/mol. The van der Waals surface area contributed by atoms with Gasteiger partial charge in [-0.2, -0.15) is 5.26 Å². The van der Waals surface area contributed by atoms with Gasteiger partial charge in [-0.25, -0.2) is 0 Å². The van der Waals surface area contributed by atoms with Gasteiger partial charge < -0.3 is 10.4 Å². The standard InChI is InChI=1S/C16H20N2O3/c1-3-16(4-2,15(20)21)11-14(19)18-13-7-5-12(6-8-13)9-10-17/h5-8H,3-4,9,11H2,1-2H3,(H,18,19)(H,20,21). The molecule has 0 spiro atoms. The number of nitrogens with zero attached hydrogens (tertiary/aromatic N) is 1. The zero-order valence-corrected chi connectivity index (χ0v) is 12.3. The molecule has 0 aliphatic heterocycles. The van der Waals surface area contributed by atoms with E-state index in [1.54, 1.807) is 38.1 Å². The largest absolute Gasteiger partial charge is 0.481 e. The number of carboxylic acid groups (broad SMARTS) is 1. The number of benzene rings is 1. The number of amides is 1. The van der Waals surface area contributed by atoms with Crippen LogP contribution in [0.15, 0.2) is 24.3 Å². The van der Waals surface area contributed by atoms with Crippen LogP contribution in [0.25, 0.3) is 0 Å². The predicted octanol–water partition coefficient (Wildman–Crippen LogP) is 2.97. The molecule has 21 heavy (non-hydrogen) atoms. The van der Waals surface area contributed by atoms with Gasteiger partial charge in [0.15, 0.2) is 0 Å². The summed E-state index contributed by atoms with van der Waals surface area (Å²) in [6.45, 7) is 3.56. The maximum Gasteiger partial charge on any atom is 0.310 e. The molecule has 0 bridgehead atoms. The molecule has 5 heteroatoms. The van der Waals surface area contributed by atoms with Gasteiger partial charge in [0.25, 0.3) is 0 Å². The van der Waals surface area contributed by atoms with E-state index < -0.39 is 11.4 Å². The lowest BCUT2D eigenvalue weighted by Gasteiger charge is -2.25. The third-order valence-corrected chi connectivity index (χ3v) is 3.83. The molecule has 0 heterocycles. The van der Waals surface area contributed by atoms with Gasteiger partial charge in [-0.1, -0.05) is 26.0 Å². The van der Waals surface area contributed by atoms with E-state index in [1.165, 1.54) is 0 Å². The second-order valence-corrected chi connectivity index (χ2v) is 5.05. The highest BCUT2D eigenvalue weighted by Crippen LogP contribution is 2.31. The second kappa shape index (κ2) is 7.44. The molecule has 2 N–H and O–H groups in total. The van der Waals surface area contributed by atoms with Crippen LogP contribution in [-0.4, -0.2) is 17.0 Å². The van der Waals surface area contributed by atoms with Gasteiger partial charge in [-0.05, 0) is 30.5 Å². The number of hydrogen-bond acceptors (Lipinski definition) is 3. The summed E-state index contributed by atoms with van der Waals surface area (Å²) in [7, 11) is 0. The van der Waals surface area contributed by atoms with Gasteiger partial charge >= 0.3 is 5.97 Å². The molecule has 0 saturated heterocycles. The number of nitrogens with one attached hydrogen (secondary N) is 1. The minimum atomic E-state index is -1.01. The molecule has 0 aliphatic carbocycles. The van der Waals surface area contributed by atoms with Crippen LogP contribution in [0.1, 0.15) is 38.7 Å². The van der Waals surface area contributed by atoms with Crippen molar-refractivity contribution < 1.29 is 14.7 Å². The highest BCUT2D eigenvalue weighted by atomic mass is 16.4. The van der Waals surface area contributed by atoms with Gasteiger partial charge in [0.2, 0.25) is 5.91 Å². The van der Waals surface area contributed by atoms with E-state index in [0.29, 0.717) is 24.9 Å². The summed E-state index contributed by atoms with van der Waals surface area (Å²) in [5.41, 5.74) is 0.468. The lowest BCUT2D eigenvalue weighted by molar-refractivity contribution is -0.151. The molecule has 0 unspecified atom stereocenters. The minimum absolute atomic E-state index is 0.0463. The Bertz CT molecular complexity index is 540.